The summed E-state index contributed by atoms with van der Waals surface area (Å²) in [5.74, 6) is 0.895. The first-order chi connectivity index (χ1) is 19.0. The third-order valence-electron chi connectivity index (χ3n) is 7.38. The van der Waals surface area contributed by atoms with E-state index in [1.54, 1.807) is 0 Å². The highest BCUT2D eigenvalue weighted by atomic mass is 15.2. The van der Waals surface area contributed by atoms with E-state index in [0.29, 0.717) is 6.04 Å². The van der Waals surface area contributed by atoms with E-state index in [9.17, 15) is 0 Å². The number of rotatable bonds is 5. The van der Waals surface area contributed by atoms with E-state index < -0.39 is 0 Å². The first-order valence-corrected chi connectivity index (χ1v) is 13.6. The van der Waals surface area contributed by atoms with Crippen molar-refractivity contribution in [3.63, 3.8) is 0 Å². The van der Waals surface area contributed by atoms with Gasteiger partial charge in [0.05, 0.1) is 29.1 Å². The van der Waals surface area contributed by atoms with Crippen molar-refractivity contribution < 1.29 is 0 Å². The zero-order chi connectivity index (χ0) is 26.5. The molecule has 4 N–H and O–H groups in total. The number of imidazole rings is 2. The van der Waals surface area contributed by atoms with E-state index in [1.165, 1.54) is 16.8 Å². The molecule has 7 rings (SSSR count). The number of hydrogen-bond donors (Lipinski definition) is 4. The fraction of sp³-hybridized carbons (Fsp3) is 0.258. The van der Waals surface area contributed by atoms with E-state index in [1.807, 2.05) is 31.8 Å². The molecule has 196 valence electrons. The zero-order valence-corrected chi connectivity index (χ0v) is 22.4. The van der Waals surface area contributed by atoms with Crippen molar-refractivity contribution in [2.75, 3.05) is 11.9 Å². The van der Waals surface area contributed by atoms with Crippen LogP contribution in [0.15, 0.2) is 73.1 Å². The summed E-state index contributed by atoms with van der Waals surface area (Å²) < 4.78 is 2.06. The maximum absolute atomic E-state index is 5.24. The summed E-state index contributed by atoms with van der Waals surface area (Å²) in [4.78, 5) is 17.9. The molecule has 39 heavy (non-hydrogen) atoms. The molecule has 0 bridgehead atoms. The Morgan fingerprint density at radius 3 is 2.87 bits per heavy atom. The van der Waals surface area contributed by atoms with Gasteiger partial charge in [0.25, 0.3) is 0 Å². The van der Waals surface area contributed by atoms with Crippen LogP contribution in [0.3, 0.4) is 0 Å². The molecule has 8 nitrogen and oxygen atoms in total. The second-order valence-corrected chi connectivity index (χ2v) is 10.7. The zero-order valence-electron chi connectivity index (χ0n) is 22.4. The van der Waals surface area contributed by atoms with Gasteiger partial charge in [-0.2, -0.15) is 0 Å². The van der Waals surface area contributed by atoms with E-state index in [-0.39, 0.29) is 6.04 Å². The van der Waals surface area contributed by atoms with E-state index in [2.05, 4.69) is 91.8 Å². The predicted octanol–water partition coefficient (Wildman–Crippen LogP) is 5.15. The normalized spacial score (nSPS) is 19.2. The minimum Gasteiger partial charge on any atom is -0.382 e. The van der Waals surface area contributed by atoms with E-state index in [4.69, 9.17) is 4.98 Å². The molecule has 2 aliphatic heterocycles. The molecule has 4 aromatic rings. The molecule has 8 heteroatoms. The average molecular weight is 517 g/mol. The number of aryl methyl sites for hydroxylation is 1. The van der Waals surface area contributed by atoms with Gasteiger partial charge in [0.15, 0.2) is 0 Å². The largest absolute Gasteiger partial charge is 0.382 e. The lowest BCUT2D eigenvalue weighted by atomic mass is 9.93. The molecule has 1 aromatic carbocycles. The fourth-order valence-electron chi connectivity index (χ4n) is 5.47. The highest BCUT2D eigenvalue weighted by molar-refractivity contribution is 5.83. The van der Waals surface area contributed by atoms with Crippen LogP contribution >= 0.6 is 0 Å². The maximum atomic E-state index is 5.24. The van der Waals surface area contributed by atoms with Crippen molar-refractivity contribution >= 4 is 17.0 Å². The Hall–Kier alpha value is -4.43. The molecular weight excluding hydrogens is 484 g/mol. The summed E-state index contributed by atoms with van der Waals surface area (Å²) in [7, 11) is 0. The Morgan fingerprint density at radius 2 is 2.03 bits per heavy atom. The van der Waals surface area contributed by atoms with Crippen molar-refractivity contribution in [2.24, 2.45) is 0 Å². The summed E-state index contributed by atoms with van der Waals surface area (Å²) in [5, 5.41) is 10.5. The molecule has 3 aromatic heterocycles. The molecule has 0 saturated carbocycles. The van der Waals surface area contributed by atoms with Crippen molar-refractivity contribution in [1.82, 2.24) is 35.1 Å². The number of fused-ring (bicyclic) bond motifs is 4. The van der Waals surface area contributed by atoms with E-state index in [0.717, 1.165) is 70.5 Å². The van der Waals surface area contributed by atoms with Gasteiger partial charge in [-0.25, -0.2) is 9.97 Å². The predicted molar refractivity (Wildman–Crippen MR) is 155 cm³/mol. The van der Waals surface area contributed by atoms with Gasteiger partial charge in [-0.05, 0) is 74.7 Å². The molecule has 1 aliphatic carbocycles. The highest BCUT2D eigenvalue weighted by Crippen LogP contribution is 2.41. The van der Waals surface area contributed by atoms with Crippen molar-refractivity contribution in [3.8, 4) is 11.1 Å². The van der Waals surface area contributed by atoms with Crippen molar-refractivity contribution in [2.45, 2.75) is 45.8 Å². The molecule has 0 radical (unpaired) electrons. The van der Waals surface area contributed by atoms with Crippen molar-refractivity contribution in [3.05, 3.63) is 107 Å². The number of benzene rings is 1. The average Bonchev–Trinajstić information content (AvgIpc) is 3.39. The summed E-state index contributed by atoms with van der Waals surface area (Å²) in [6, 6.07) is 9.40. The number of nitrogens with zero attached hydrogens (tertiary/aromatic N) is 4. The van der Waals surface area contributed by atoms with Gasteiger partial charge < -0.3 is 25.5 Å². The summed E-state index contributed by atoms with van der Waals surface area (Å²) in [6.07, 6.45) is 15.2. The second-order valence-electron chi connectivity index (χ2n) is 10.7. The number of H-pyrrole nitrogens is 1. The number of pyridine rings is 1. The molecular formula is C31H32N8. The lowest BCUT2D eigenvalue weighted by Gasteiger charge is -2.18. The van der Waals surface area contributed by atoms with Crippen LogP contribution in [0.25, 0.3) is 22.4 Å². The Kier molecular flexibility index (Phi) is 5.70. The molecule has 3 aliphatic rings. The number of aromatic nitrogens is 5. The minimum absolute atomic E-state index is 0.170. The maximum Gasteiger partial charge on any atom is 0.138 e. The third-order valence-corrected chi connectivity index (χ3v) is 7.38. The number of nitrogens with one attached hydrogen (secondary N) is 4. The first kappa shape index (κ1) is 23.7. The second kappa shape index (κ2) is 9.39. The fourth-order valence-corrected chi connectivity index (χ4v) is 5.47. The van der Waals surface area contributed by atoms with Gasteiger partial charge in [0, 0.05) is 48.0 Å². The number of hydrogen-bond acceptors (Lipinski definition) is 6. The van der Waals surface area contributed by atoms with Crippen LogP contribution in [0.2, 0.25) is 0 Å². The Balaban J connectivity index is 1.32. The van der Waals surface area contributed by atoms with E-state index >= 15 is 0 Å². The van der Waals surface area contributed by atoms with Crippen LogP contribution in [0.5, 0.6) is 0 Å². The third kappa shape index (κ3) is 4.46. The minimum atomic E-state index is 0.170. The first-order valence-electron chi connectivity index (χ1n) is 13.6. The number of aromatic amines is 1. The van der Waals surface area contributed by atoms with Crippen LogP contribution in [-0.4, -0.2) is 37.1 Å². The summed E-state index contributed by atoms with van der Waals surface area (Å²) in [6.45, 7) is 8.02. The Labute approximate surface area is 228 Å². The number of allylic oxidation sites excluding steroid dienone is 2. The highest BCUT2D eigenvalue weighted by Gasteiger charge is 2.37. The summed E-state index contributed by atoms with van der Waals surface area (Å²) >= 11 is 0. The lowest BCUT2D eigenvalue weighted by Crippen LogP contribution is -2.17. The van der Waals surface area contributed by atoms with Gasteiger partial charge in [-0.3, -0.25) is 4.98 Å². The van der Waals surface area contributed by atoms with Gasteiger partial charge in [-0.15, -0.1) is 0 Å². The molecule has 0 spiro atoms. The van der Waals surface area contributed by atoms with Crippen LogP contribution in [0.1, 0.15) is 60.3 Å². The van der Waals surface area contributed by atoms with Gasteiger partial charge in [0.1, 0.15) is 17.6 Å². The van der Waals surface area contributed by atoms with Gasteiger partial charge >= 0.3 is 0 Å². The SMILES string of the molecule is Cc1cn(C2=CC=C3NC3c3[nH]c(/C4=C/CCNCc5ccc(-c6cncc(NC(C)C)c6)cc54)nc32)cn1. The molecule has 1 fully saturated rings. The molecule has 1 atom stereocenters. The smallest absolute Gasteiger partial charge is 0.138 e. The quantitative estimate of drug-likeness (QED) is 0.273. The topological polar surface area (TPSA) is 105 Å². The van der Waals surface area contributed by atoms with Gasteiger partial charge in [-0.1, -0.05) is 18.2 Å². The van der Waals surface area contributed by atoms with Crippen molar-refractivity contribution in [1.29, 1.82) is 0 Å². The van der Waals surface area contributed by atoms with Gasteiger partial charge in [0.2, 0.25) is 0 Å². The van der Waals surface area contributed by atoms with Crippen LogP contribution in [0.4, 0.5) is 5.69 Å². The Bertz CT molecular complexity index is 1670. The monoisotopic (exact) mass is 516 g/mol. The molecule has 0 amide bonds. The number of anilines is 1. The molecule has 5 heterocycles. The van der Waals surface area contributed by atoms with Crippen LogP contribution in [-0.2, 0) is 6.54 Å². The van der Waals surface area contributed by atoms with Crippen LogP contribution in [0, 0.1) is 6.92 Å². The molecule has 1 saturated heterocycles. The van der Waals surface area contributed by atoms with Crippen LogP contribution < -0.4 is 16.0 Å². The molecule has 1 unspecified atom stereocenters. The summed E-state index contributed by atoms with van der Waals surface area (Å²) in [5.41, 5.74) is 12.1. The Morgan fingerprint density at radius 1 is 1.10 bits per heavy atom. The standard InChI is InChI=1S/C31H32N8/c1-18(2)35-23-11-22(14-33-15-23)20-6-7-21-13-32-10-4-5-24(25(21)12-20)31-37-29-27(39-16-19(3)34-17-39)9-8-26-28(36-26)30(29)38-31/h5-9,11-12,14-18,28,32,35-36H,4,10,13H2,1-3H3,(H,37,38)/b24-5+. The lowest BCUT2D eigenvalue weighted by molar-refractivity contribution is 0.690.